The lowest BCUT2D eigenvalue weighted by Crippen LogP contribution is -2.20. The summed E-state index contributed by atoms with van der Waals surface area (Å²) in [6.07, 6.45) is 8.18. The van der Waals surface area contributed by atoms with Gasteiger partial charge in [-0.2, -0.15) is 0 Å². The van der Waals surface area contributed by atoms with Crippen LogP contribution in [-0.2, 0) is 9.53 Å². The van der Waals surface area contributed by atoms with Gasteiger partial charge in [-0.15, -0.1) is 0 Å². The van der Waals surface area contributed by atoms with Crippen LogP contribution in [0.1, 0.15) is 0 Å². The zero-order valence-corrected chi connectivity index (χ0v) is 5.28. The molecular formula is C8H6O2. The molecule has 0 saturated carbocycles. The van der Waals surface area contributed by atoms with Crippen LogP contribution in [-0.4, -0.2) is 11.9 Å². The van der Waals surface area contributed by atoms with Crippen LogP contribution in [0.4, 0.5) is 0 Å². The number of ketones is 1. The normalized spacial score (nSPS) is 27.8. The van der Waals surface area contributed by atoms with E-state index < -0.39 is 0 Å². The highest BCUT2D eigenvalue weighted by atomic mass is 16.5. The van der Waals surface area contributed by atoms with Crippen LogP contribution in [0.3, 0.4) is 0 Å². The third-order valence-corrected chi connectivity index (χ3v) is 1.59. The van der Waals surface area contributed by atoms with Crippen molar-refractivity contribution < 1.29 is 9.53 Å². The van der Waals surface area contributed by atoms with E-state index in [1.165, 1.54) is 6.08 Å². The first kappa shape index (κ1) is 5.47. The van der Waals surface area contributed by atoms with Crippen molar-refractivity contribution in [1.29, 1.82) is 0 Å². The summed E-state index contributed by atoms with van der Waals surface area (Å²) in [5.74, 6) is 0.0301. The molecule has 0 spiro atoms. The first-order valence-electron chi connectivity index (χ1n) is 3.12. The number of hydrogen-bond donors (Lipinski definition) is 0. The van der Waals surface area contributed by atoms with Crippen LogP contribution in [0.2, 0.25) is 0 Å². The van der Waals surface area contributed by atoms with Crippen molar-refractivity contribution in [2.24, 2.45) is 0 Å². The molecule has 1 unspecified atom stereocenters. The molecule has 0 saturated heterocycles. The quantitative estimate of drug-likeness (QED) is 0.493. The van der Waals surface area contributed by atoms with Gasteiger partial charge in [-0.05, 0) is 12.2 Å². The van der Waals surface area contributed by atoms with E-state index >= 15 is 0 Å². The molecule has 0 aromatic heterocycles. The van der Waals surface area contributed by atoms with Crippen LogP contribution in [0.25, 0.3) is 0 Å². The zero-order valence-electron chi connectivity index (χ0n) is 5.28. The van der Waals surface area contributed by atoms with Gasteiger partial charge in [0.2, 0.25) is 5.78 Å². The summed E-state index contributed by atoms with van der Waals surface area (Å²) in [6, 6.07) is 0. The second kappa shape index (κ2) is 1.84. The minimum absolute atomic E-state index is 0.0301. The molecule has 0 amide bonds. The van der Waals surface area contributed by atoms with Gasteiger partial charge < -0.3 is 4.74 Å². The lowest BCUT2D eigenvalue weighted by Gasteiger charge is -2.10. The fraction of sp³-hybridized carbons (Fsp3) is 0.125. The first-order chi connectivity index (χ1) is 4.88. The highest BCUT2D eigenvalue weighted by Gasteiger charge is 2.25. The molecule has 2 nitrogen and oxygen atoms in total. The van der Waals surface area contributed by atoms with Crippen LogP contribution < -0.4 is 0 Å². The van der Waals surface area contributed by atoms with Gasteiger partial charge in [0.15, 0.2) is 6.10 Å². The van der Waals surface area contributed by atoms with Gasteiger partial charge in [-0.3, -0.25) is 4.79 Å². The molecule has 1 aliphatic heterocycles. The Kier molecular flexibility index (Phi) is 1.01. The monoisotopic (exact) mass is 134 g/mol. The summed E-state index contributed by atoms with van der Waals surface area (Å²) in [5, 5.41) is 0. The minimum atomic E-state index is -0.343. The SMILES string of the molecule is O=C1C=CC=C2C=COC12. The van der Waals surface area contributed by atoms with Crippen LogP contribution in [0.15, 0.2) is 36.1 Å². The Balaban J connectivity index is 2.40. The smallest absolute Gasteiger partial charge is 0.200 e. The molecule has 10 heavy (non-hydrogen) atoms. The number of allylic oxidation sites excluding steroid dienone is 2. The number of rotatable bonds is 0. The third kappa shape index (κ3) is 0.620. The average molecular weight is 134 g/mol. The standard InChI is InChI=1S/C8H6O2/c9-7-3-1-2-6-4-5-10-8(6)7/h1-5,8H. The van der Waals surface area contributed by atoms with Crippen molar-refractivity contribution in [3.05, 3.63) is 36.1 Å². The summed E-state index contributed by atoms with van der Waals surface area (Å²) >= 11 is 0. The molecule has 1 heterocycles. The largest absolute Gasteiger partial charge is 0.485 e. The molecule has 1 atom stereocenters. The van der Waals surface area contributed by atoms with E-state index in [1.54, 1.807) is 12.3 Å². The van der Waals surface area contributed by atoms with Gasteiger partial charge in [0.05, 0.1) is 6.26 Å². The van der Waals surface area contributed by atoms with E-state index in [9.17, 15) is 4.79 Å². The highest BCUT2D eigenvalue weighted by molar-refractivity contribution is 5.98. The second-order valence-corrected chi connectivity index (χ2v) is 2.25. The maximum atomic E-state index is 11.0. The Hall–Kier alpha value is -1.31. The van der Waals surface area contributed by atoms with Gasteiger partial charge >= 0.3 is 0 Å². The van der Waals surface area contributed by atoms with Crippen molar-refractivity contribution in [1.82, 2.24) is 0 Å². The fourth-order valence-electron chi connectivity index (χ4n) is 1.08. The van der Waals surface area contributed by atoms with E-state index in [1.807, 2.05) is 12.2 Å². The minimum Gasteiger partial charge on any atom is -0.485 e. The van der Waals surface area contributed by atoms with Crippen LogP contribution >= 0.6 is 0 Å². The Labute approximate surface area is 58.5 Å². The first-order valence-corrected chi connectivity index (χ1v) is 3.12. The zero-order chi connectivity index (χ0) is 6.97. The molecule has 2 rings (SSSR count). The van der Waals surface area contributed by atoms with Gasteiger partial charge in [-0.25, -0.2) is 0 Å². The Morgan fingerprint density at radius 1 is 1.40 bits per heavy atom. The Morgan fingerprint density at radius 3 is 3.10 bits per heavy atom. The second-order valence-electron chi connectivity index (χ2n) is 2.25. The fourth-order valence-corrected chi connectivity index (χ4v) is 1.08. The van der Waals surface area contributed by atoms with Gasteiger partial charge in [0.1, 0.15) is 0 Å². The molecule has 0 fully saturated rings. The van der Waals surface area contributed by atoms with Crippen LogP contribution in [0.5, 0.6) is 0 Å². The maximum absolute atomic E-state index is 11.0. The predicted molar refractivity (Wildman–Crippen MR) is 36.2 cm³/mol. The van der Waals surface area contributed by atoms with E-state index in [0.717, 1.165) is 5.57 Å². The van der Waals surface area contributed by atoms with Crippen LogP contribution in [0, 0.1) is 0 Å². The lowest BCUT2D eigenvalue weighted by atomic mass is 10.0. The third-order valence-electron chi connectivity index (χ3n) is 1.59. The van der Waals surface area contributed by atoms with Crippen molar-refractivity contribution in [3.63, 3.8) is 0 Å². The molecular weight excluding hydrogens is 128 g/mol. The van der Waals surface area contributed by atoms with Gasteiger partial charge in [0.25, 0.3) is 0 Å². The predicted octanol–water partition coefficient (Wildman–Crippen LogP) is 0.964. The molecule has 0 radical (unpaired) electrons. The lowest BCUT2D eigenvalue weighted by molar-refractivity contribution is -0.120. The molecule has 0 aromatic rings. The van der Waals surface area contributed by atoms with E-state index in [4.69, 9.17) is 4.74 Å². The summed E-state index contributed by atoms with van der Waals surface area (Å²) in [4.78, 5) is 11.0. The van der Waals surface area contributed by atoms with Crippen molar-refractivity contribution >= 4 is 5.78 Å². The van der Waals surface area contributed by atoms with Crippen molar-refractivity contribution in [3.8, 4) is 0 Å². The van der Waals surface area contributed by atoms with Gasteiger partial charge in [-0.1, -0.05) is 12.2 Å². The average Bonchev–Trinajstić information content (AvgIpc) is 2.36. The van der Waals surface area contributed by atoms with E-state index in [-0.39, 0.29) is 11.9 Å². The Morgan fingerprint density at radius 2 is 2.30 bits per heavy atom. The highest BCUT2D eigenvalue weighted by Crippen LogP contribution is 2.20. The molecule has 0 aromatic carbocycles. The number of carbonyl (C=O) groups is 1. The maximum Gasteiger partial charge on any atom is 0.200 e. The molecule has 2 heteroatoms. The summed E-state index contributed by atoms with van der Waals surface area (Å²) in [7, 11) is 0. The summed E-state index contributed by atoms with van der Waals surface area (Å²) < 4.78 is 5.02. The van der Waals surface area contributed by atoms with E-state index in [0.29, 0.717) is 0 Å². The molecule has 0 N–H and O–H groups in total. The van der Waals surface area contributed by atoms with E-state index in [2.05, 4.69) is 0 Å². The summed E-state index contributed by atoms with van der Waals surface area (Å²) in [5.41, 5.74) is 0.951. The Bertz CT molecular complexity index is 258. The molecule has 50 valence electrons. The van der Waals surface area contributed by atoms with Crippen molar-refractivity contribution in [2.45, 2.75) is 6.10 Å². The molecule has 1 aliphatic carbocycles. The molecule has 0 bridgehead atoms. The number of fused-ring (bicyclic) bond motifs is 1. The number of ether oxygens (including phenoxy) is 1. The number of carbonyl (C=O) groups excluding carboxylic acids is 1. The van der Waals surface area contributed by atoms with Gasteiger partial charge in [0, 0.05) is 5.57 Å². The topological polar surface area (TPSA) is 26.3 Å². The van der Waals surface area contributed by atoms with Crippen molar-refractivity contribution in [2.75, 3.05) is 0 Å². The molecule has 2 aliphatic rings. The summed E-state index contributed by atoms with van der Waals surface area (Å²) in [6.45, 7) is 0. The number of hydrogen-bond acceptors (Lipinski definition) is 2.